The predicted molar refractivity (Wildman–Crippen MR) is 139 cm³/mol. The molecular weight excluding hydrogens is 444 g/mol. The quantitative estimate of drug-likeness (QED) is 0.499. The summed E-state index contributed by atoms with van der Waals surface area (Å²) in [5.41, 5.74) is 4.48. The molecule has 0 atom stereocenters. The Morgan fingerprint density at radius 2 is 1.53 bits per heavy atom. The first-order valence-electron chi connectivity index (χ1n) is 12.0. The largest absolute Gasteiger partial charge is 0.355 e. The number of nitrogens with one attached hydrogen (secondary N) is 1. The number of piperazine rings is 1. The topological polar surface area (TPSA) is 58.3 Å². The monoisotopic (exact) mass is 478 g/mol. The number of carbonyl (C=O) groups excluding carboxylic acids is 1. The van der Waals surface area contributed by atoms with E-state index in [2.05, 4.69) is 89.0 Å². The molecule has 1 fully saturated rings. The Morgan fingerprint density at radius 3 is 2.15 bits per heavy atom. The first kappa shape index (κ1) is 24.3. The van der Waals surface area contributed by atoms with Crippen molar-refractivity contribution >= 4 is 18.1 Å². The molecule has 0 spiro atoms. The molecule has 1 aromatic heterocycles. The summed E-state index contributed by atoms with van der Waals surface area (Å²) in [5.74, 6) is 0.956. The lowest BCUT2D eigenvalue weighted by molar-refractivity contribution is -0.122. The zero-order chi connectivity index (χ0) is 24.1. The van der Waals surface area contributed by atoms with Crippen LogP contribution in [-0.2, 0) is 11.5 Å². The third-order valence-corrected chi connectivity index (χ3v) is 6.57. The van der Waals surface area contributed by atoms with Gasteiger partial charge in [0, 0.05) is 44.0 Å². The Balaban J connectivity index is 1.52. The number of hydrogen-bond donors (Lipinski definition) is 1. The summed E-state index contributed by atoms with van der Waals surface area (Å²) in [4.78, 5) is 16.6. The molecule has 180 valence electrons. The van der Waals surface area contributed by atoms with Crippen LogP contribution in [0.2, 0.25) is 0 Å². The fraction of sp³-hybridized carbons (Fsp3) is 0.423. The molecule has 1 N–H and O–H groups in total. The number of nitrogens with zero attached hydrogens (tertiary/aromatic N) is 5. The van der Waals surface area contributed by atoms with Gasteiger partial charge >= 0.3 is 0 Å². The minimum Gasteiger partial charge on any atom is -0.355 e. The third-order valence-electron chi connectivity index (χ3n) is 6.18. The molecule has 7 nitrogen and oxygen atoms in total. The van der Waals surface area contributed by atoms with Gasteiger partial charge in [0.25, 0.3) is 0 Å². The van der Waals surface area contributed by atoms with E-state index in [4.69, 9.17) is 17.3 Å². The lowest BCUT2D eigenvalue weighted by atomic mass is 10.1. The van der Waals surface area contributed by atoms with E-state index in [1.54, 1.807) is 0 Å². The molecule has 0 aliphatic carbocycles. The van der Waals surface area contributed by atoms with E-state index in [1.807, 2.05) is 4.68 Å². The molecule has 0 unspecified atom stereocenters. The summed E-state index contributed by atoms with van der Waals surface area (Å²) >= 11 is 5.92. The van der Waals surface area contributed by atoms with Crippen molar-refractivity contribution in [1.29, 1.82) is 0 Å². The average molecular weight is 479 g/mol. The Hall–Kier alpha value is -2.81. The molecule has 1 aliphatic heterocycles. The standard InChI is InChI=1S/C26H34N6OS/c1-4-13-27-24(33)18-29-14-16-30(17-15-29)19-31-26(34)32(23-11-7-21(3)8-12-23)25(28-31)22-9-5-20(2)6-10-22/h5-12H,4,13-19H2,1-3H3,(H,27,33). The fourth-order valence-corrected chi connectivity index (χ4v) is 4.41. The van der Waals surface area contributed by atoms with Gasteiger partial charge in [0.1, 0.15) is 0 Å². The second-order valence-corrected chi connectivity index (χ2v) is 9.39. The normalized spacial score (nSPS) is 14.9. The summed E-state index contributed by atoms with van der Waals surface area (Å²) in [5, 5.41) is 7.92. The van der Waals surface area contributed by atoms with Crippen molar-refractivity contribution in [2.45, 2.75) is 33.9 Å². The number of aromatic nitrogens is 3. The van der Waals surface area contributed by atoms with Crippen LogP contribution >= 0.6 is 12.2 Å². The van der Waals surface area contributed by atoms with E-state index in [9.17, 15) is 4.79 Å². The van der Waals surface area contributed by atoms with E-state index in [-0.39, 0.29) is 5.91 Å². The van der Waals surface area contributed by atoms with Crippen LogP contribution in [0, 0.1) is 18.6 Å². The van der Waals surface area contributed by atoms with Crippen molar-refractivity contribution in [3.05, 3.63) is 64.4 Å². The second-order valence-electron chi connectivity index (χ2n) is 9.03. The molecule has 0 bridgehead atoms. The van der Waals surface area contributed by atoms with Crippen LogP contribution < -0.4 is 5.32 Å². The first-order valence-corrected chi connectivity index (χ1v) is 12.4. The first-order chi connectivity index (χ1) is 16.4. The van der Waals surface area contributed by atoms with E-state index in [0.29, 0.717) is 18.0 Å². The Kier molecular flexibility index (Phi) is 7.92. The smallest absolute Gasteiger partial charge is 0.234 e. The molecule has 8 heteroatoms. The molecule has 1 saturated heterocycles. The maximum absolute atomic E-state index is 12.0. The highest BCUT2D eigenvalue weighted by Crippen LogP contribution is 2.24. The molecule has 0 radical (unpaired) electrons. The van der Waals surface area contributed by atoms with Crippen LogP contribution in [0.5, 0.6) is 0 Å². The number of carbonyl (C=O) groups is 1. The minimum absolute atomic E-state index is 0.108. The van der Waals surface area contributed by atoms with Gasteiger partial charge in [-0.25, -0.2) is 4.68 Å². The number of aryl methyl sites for hydroxylation is 2. The van der Waals surface area contributed by atoms with Crippen LogP contribution in [-0.4, -0.2) is 69.3 Å². The Bertz CT molecular complexity index is 1160. The molecule has 4 rings (SSSR count). The SMILES string of the molecule is CCCNC(=O)CN1CCN(Cn2nc(-c3ccc(C)cc3)n(-c3ccc(C)cc3)c2=S)CC1. The minimum atomic E-state index is 0.108. The van der Waals surface area contributed by atoms with Gasteiger partial charge in [0.2, 0.25) is 10.7 Å². The predicted octanol–water partition coefficient (Wildman–Crippen LogP) is 3.79. The molecule has 1 amide bonds. The van der Waals surface area contributed by atoms with Crippen molar-refractivity contribution in [2.24, 2.45) is 0 Å². The lowest BCUT2D eigenvalue weighted by Crippen LogP contribution is -2.49. The zero-order valence-corrected chi connectivity index (χ0v) is 21.1. The van der Waals surface area contributed by atoms with Crippen LogP contribution in [0.15, 0.2) is 48.5 Å². The molecule has 0 saturated carbocycles. The van der Waals surface area contributed by atoms with Gasteiger partial charge in [-0.2, -0.15) is 0 Å². The highest BCUT2D eigenvalue weighted by Gasteiger charge is 2.21. The van der Waals surface area contributed by atoms with E-state index in [1.165, 1.54) is 11.1 Å². The fourth-order valence-electron chi connectivity index (χ4n) is 4.12. The summed E-state index contributed by atoms with van der Waals surface area (Å²) < 4.78 is 4.67. The summed E-state index contributed by atoms with van der Waals surface area (Å²) in [7, 11) is 0. The van der Waals surface area contributed by atoms with Crippen LogP contribution in [0.1, 0.15) is 24.5 Å². The van der Waals surface area contributed by atoms with Gasteiger partial charge in [0.05, 0.1) is 13.2 Å². The van der Waals surface area contributed by atoms with Crippen molar-refractivity contribution < 1.29 is 4.79 Å². The summed E-state index contributed by atoms with van der Waals surface area (Å²) in [6, 6.07) is 16.8. The maximum Gasteiger partial charge on any atom is 0.234 e. The van der Waals surface area contributed by atoms with Gasteiger partial charge < -0.3 is 5.32 Å². The number of benzene rings is 2. The highest BCUT2D eigenvalue weighted by molar-refractivity contribution is 7.71. The molecule has 3 aromatic rings. The van der Waals surface area contributed by atoms with Crippen LogP contribution in [0.3, 0.4) is 0 Å². The Labute approximate surface area is 207 Å². The number of hydrogen-bond acceptors (Lipinski definition) is 5. The zero-order valence-electron chi connectivity index (χ0n) is 20.3. The molecule has 34 heavy (non-hydrogen) atoms. The van der Waals surface area contributed by atoms with Crippen molar-refractivity contribution in [2.75, 3.05) is 39.3 Å². The average Bonchev–Trinajstić information content (AvgIpc) is 3.15. The van der Waals surface area contributed by atoms with Crippen molar-refractivity contribution in [3.63, 3.8) is 0 Å². The molecule has 2 heterocycles. The molecule has 2 aromatic carbocycles. The highest BCUT2D eigenvalue weighted by atomic mass is 32.1. The Morgan fingerprint density at radius 1 is 0.941 bits per heavy atom. The second kappa shape index (κ2) is 11.1. The lowest BCUT2D eigenvalue weighted by Gasteiger charge is -2.33. The number of rotatable bonds is 8. The van der Waals surface area contributed by atoms with E-state index >= 15 is 0 Å². The van der Waals surface area contributed by atoms with E-state index < -0.39 is 0 Å². The molecule has 1 aliphatic rings. The maximum atomic E-state index is 12.0. The molecular formula is C26H34N6OS. The van der Waals surface area contributed by atoms with Gasteiger partial charge in [-0.3, -0.25) is 19.2 Å². The van der Waals surface area contributed by atoms with Crippen LogP contribution in [0.25, 0.3) is 17.1 Å². The van der Waals surface area contributed by atoms with E-state index in [0.717, 1.165) is 56.2 Å². The summed E-state index contributed by atoms with van der Waals surface area (Å²) in [6.07, 6.45) is 0.958. The van der Waals surface area contributed by atoms with Gasteiger partial charge in [0.15, 0.2) is 5.82 Å². The van der Waals surface area contributed by atoms with Crippen molar-refractivity contribution in [1.82, 2.24) is 29.5 Å². The van der Waals surface area contributed by atoms with Gasteiger partial charge in [-0.05, 0) is 44.6 Å². The summed E-state index contributed by atoms with van der Waals surface area (Å²) in [6.45, 7) is 11.5. The van der Waals surface area contributed by atoms with Gasteiger partial charge in [-0.15, -0.1) is 5.10 Å². The van der Waals surface area contributed by atoms with Gasteiger partial charge in [-0.1, -0.05) is 54.4 Å². The van der Waals surface area contributed by atoms with Crippen LogP contribution in [0.4, 0.5) is 0 Å². The third kappa shape index (κ3) is 5.81. The van der Waals surface area contributed by atoms with Crippen molar-refractivity contribution in [3.8, 4) is 17.1 Å². The number of amides is 1.